The zero-order chi connectivity index (χ0) is 14.8. The van der Waals surface area contributed by atoms with Crippen LogP contribution in [0.25, 0.3) is 0 Å². The minimum atomic E-state index is -4.86. The van der Waals surface area contributed by atoms with Crippen molar-refractivity contribution in [3.8, 4) is 0 Å². The largest absolute Gasteiger partial charge is 0.423 e. The van der Waals surface area contributed by atoms with E-state index in [0.29, 0.717) is 6.07 Å². The Morgan fingerprint density at radius 1 is 1.37 bits per heavy atom. The van der Waals surface area contributed by atoms with Crippen molar-refractivity contribution >= 4 is 17.3 Å². The number of carbonyl (C=O) groups excluding carboxylic acids is 1. The molecule has 0 atom stereocenters. The lowest BCUT2D eigenvalue weighted by molar-refractivity contribution is -0.388. The van der Waals surface area contributed by atoms with E-state index >= 15 is 0 Å². The summed E-state index contributed by atoms with van der Waals surface area (Å²) in [7, 11) is 0. The quantitative estimate of drug-likeness (QED) is 0.680. The number of nitro benzene ring substituents is 1. The van der Waals surface area contributed by atoms with Crippen LogP contribution in [0, 0.1) is 16.0 Å². The predicted molar refractivity (Wildman–Crippen MR) is 61.6 cm³/mol. The molecular formula is C11H11F3N2O3. The van der Waals surface area contributed by atoms with Gasteiger partial charge < -0.3 is 5.32 Å². The third-order valence-corrected chi connectivity index (χ3v) is 2.29. The number of halogens is 3. The van der Waals surface area contributed by atoms with Crippen LogP contribution in [-0.4, -0.2) is 10.8 Å². The fourth-order valence-electron chi connectivity index (χ4n) is 1.29. The molecule has 0 saturated heterocycles. The van der Waals surface area contributed by atoms with E-state index in [-0.39, 0.29) is 5.69 Å². The molecular weight excluding hydrogens is 264 g/mol. The molecule has 19 heavy (non-hydrogen) atoms. The molecule has 0 bridgehead atoms. The lowest BCUT2D eigenvalue weighted by Crippen LogP contribution is -2.18. The molecule has 1 N–H and O–H groups in total. The maximum Gasteiger partial charge on any atom is 0.423 e. The van der Waals surface area contributed by atoms with Crippen molar-refractivity contribution in [3.05, 3.63) is 33.9 Å². The van der Waals surface area contributed by atoms with Crippen LogP contribution in [-0.2, 0) is 11.0 Å². The maximum absolute atomic E-state index is 12.7. The second-order valence-corrected chi connectivity index (χ2v) is 4.13. The van der Waals surface area contributed by atoms with E-state index in [2.05, 4.69) is 5.32 Å². The molecule has 0 aliphatic rings. The third kappa shape index (κ3) is 3.67. The normalized spacial score (nSPS) is 11.5. The number of nitrogens with one attached hydrogen (secondary N) is 1. The van der Waals surface area contributed by atoms with Crippen molar-refractivity contribution in [2.45, 2.75) is 20.0 Å². The first-order valence-corrected chi connectivity index (χ1v) is 5.29. The Morgan fingerprint density at radius 3 is 2.37 bits per heavy atom. The van der Waals surface area contributed by atoms with Crippen molar-refractivity contribution in [2.75, 3.05) is 5.32 Å². The highest BCUT2D eigenvalue weighted by Gasteiger charge is 2.38. The van der Waals surface area contributed by atoms with Crippen molar-refractivity contribution in [3.63, 3.8) is 0 Å². The highest BCUT2D eigenvalue weighted by atomic mass is 19.4. The van der Waals surface area contributed by atoms with Crippen LogP contribution in [0.3, 0.4) is 0 Å². The molecule has 5 nitrogen and oxygen atoms in total. The van der Waals surface area contributed by atoms with Gasteiger partial charge in [0.15, 0.2) is 0 Å². The van der Waals surface area contributed by atoms with Crippen molar-refractivity contribution in [1.82, 2.24) is 0 Å². The van der Waals surface area contributed by atoms with Crippen molar-refractivity contribution in [2.24, 2.45) is 5.92 Å². The lowest BCUT2D eigenvalue weighted by atomic mass is 9.88. The molecule has 0 aliphatic carbocycles. The number of benzene rings is 1. The molecule has 0 fully saturated rings. The molecule has 1 rings (SSSR count). The number of rotatable bonds is 3. The van der Waals surface area contributed by atoms with Crippen LogP contribution in [0.15, 0.2) is 18.2 Å². The Labute approximate surface area is 106 Å². The van der Waals surface area contributed by atoms with E-state index in [1.54, 1.807) is 13.8 Å². The second-order valence-electron chi connectivity index (χ2n) is 4.13. The highest BCUT2D eigenvalue weighted by molar-refractivity contribution is 5.92. The molecule has 0 radical (unpaired) electrons. The van der Waals surface area contributed by atoms with Crippen LogP contribution >= 0.6 is 0 Å². The summed E-state index contributed by atoms with van der Waals surface area (Å²) in [5.74, 6) is -0.883. The van der Waals surface area contributed by atoms with Crippen molar-refractivity contribution < 1.29 is 22.9 Å². The first-order valence-electron chi connectivity index (χ1n) is 5.29. The number of amides is 1. The standard InChI is InChI=1S/C11H11F3N2O3/c1-6(2)10(17)15-7-3-4-9(16(18)19)8(5-7)11(12,13)14/h3-6H,1-2H3,(H,15,17)/i11-1. The van der Waals surface area contributed by atoms with E-state index in [1.165, 1.54) is 0 Å². The number of nitrogens with zero attached hydrogens (tertiary/aromatic N) is 1. The molecule has 0 unspecified atom stereocenters. The van der Waals surface area contributed by atoms with Gasteiger partial charge >= 0.3 is 6.18 Å². The zero-order valence-corrected chi connectivity index (χ0v) is 10.1. The van der Waals surface area contributed by atoms with Crippen LogP contribution in [0.2, 0.25) is 0 Å². The summed E-state index contributed by atoms with van der Waals surface area (Å²) in [6.07, 6.45) is -4.86. The number of nitro groups is 1. The monoisotopic (exact) mass is 275 g/mol. The van der Waals surface area contributed by atoms with Gasteiger partial charge in [-0.25, -0.2) is 0 Å². The fraction of sp³-hybridized carbons (Fsp3) is 0.364. The van der Waals surface area contributed by atoms with Gasteiger partial charge in [0.05, 0.1) is 4.92 Å². The summed E-state index contributed by atoms with van der Waals surface area (Å²) in [5, 5.41) is 12.8. The van der Waals surface area contributed by atoms with Gasteiger partial charge in [0.25, 0.3) is 5.69 Å². The van der Waals surface area contributed by atoms with Crippen LogP contribution < -0.4 is 5.32 Å². The maximum atomic E-state index is 12.7. The zero-order valence-electron chi connectivity index (χ0n) is 10.1. The van der Waals surface area contributed by atoms with Crippen LogP contribution in [0.4, 0.5) is 24.5 Å². The van der Waals surface area contributed by atoms with Gasteiger partial charge in [-0.05, 0) is 12.1 Å². The molecule has 1 aromatic carbocycles. The Bertz CT molecular complexity index is 512. The minimum Gasteiger partial charge on any atom is -0.326 e. The number of carbonyl (C=O) groups is 1. The molecule has 0 aromatic heterocycles. The predicted octanol–water partition coefficient (Wildman–Crippen LogP) is 3.21. The van der Waals surface area contributed by atoms with Gasteiger partial charge in [-0.1, -0.05) is 13.8 Å². The summed E-state index contributed by atoms with van der Waals surface area (Å²) in [4.78, 5) is 20.8. The number of anilines is 1. The van der Waals surface area contributed by atoms with E-state index in [4.69, 9.17) is 0 Å². The molecule has 104 valence electrons. The number of alkyl halides is 3. The average molecular weight is 275 g/mol. The molecule has 0 spiro atoms. The summed E-state index contributed by atoms with van der Waals surface area (Å²) < 4.78 is 38.0. The summed E-state index contributed by atoms with van der Waals surface area (Å²) in [6, 6.07) is 2.34. The molecule has 0 saturated carbocycles. The minimum absolute atomic E-state index is 0.128. The number of hydrogen-bond donors (Lipinski definition) is 1. The van der Waals surface area contributed by atoms with Crippen molar-refractivity contribution in [1.29, 1.82) is 0 Å². The van der Waals surface area contributed by atoms with Gasteiger partial charge in [-0.15, -0.1) is 0 Å². The number of hydrogen-bond acceptors (Lipinski definition) is 3. The van der Waals surface area contributed by atoms with Gasteiger partial charge in [-0.2, -0.15) is 13.2 Å². The van der Waals surface area contributed by atoms with E-state index < -0.39 is 34.2 Å². The van der Waals surface area contributed by atoms with E-state index in [1.807, 2.05) is 0 Å². The van der Waals surface area contributed by atoms with Crippen LogP contribution in [0.1, 0.15) is 19.4 Å². The topological polar surface area (TPSA) is 72.2 Å². The second kappa shape index (κ2) is 5.25. The molecule has 1 aromatic rings. The van der Waals surface area contributed by atoms with E-state index in [9.17, 15) is 28.1 Å². The third-order valence-electron chi connectivity index (χ3n) is 2.29. The van der Waals surface area contributed by atoms with Gasteiger partial charge in [-0.3, -0.25) is 14.9 Å². The molecule has 1 amide bonds. The summed E-state index contributed by atoms with van der Waals surface area (Å²) in [5.41, 5.74) is -2.56. The highest BCUT2D eigenvalue weighted by Crippen LogP contribution is 2.37. The average Bonchev–Trinajstić information content (AvgIpc) is 2.27. The van der Waals surface area contributed by atoms with E-state index in [0.717, 1.165) is 12.1 Å². The molecule has 0 heterocycles. The summed E-state index contributed by atoms with van der Waals surface area (Å²) in [6.45, 7) is 3.15. The first kappa shape index (κ1) is 14.9. The van der Waals surface area contributed by atoms with Gasteiger partial charge in [0.2, 0.25) is 5.91 Å². The van der Waals surface area contributed by atoms with Gasteiger partial charge in [0, 0.05) is 17.7 Å². The summed E-state index contributed by atoms with van der Waals surface area (Å²) >= 11 is 0. The van der Waals surface area contributed by atoms with Crippen LogP contribution in [0.5, 0.6) is 0 Å². The smallest absolute Gasteiger partial charge is 0.326 e. The first-order chi connectivity index (χ1) is 8.62. The Balaban J connectivity index is 3.19. The Morgan fingerprint density at radius 2 is 1.95 bits per heavy atom. The molecule has 8 heteroatoms. The van der Waals surface area contributed by atoms with Gasteiger partial charge in [0.1, 0.15) is 5.56 Å². The Kier molecular flexibility index (Phi) is 4.13. The molecule has 0 aliphatic heterocycles. The fourth-order valence-corrected chi connectivity index (χ4v) is 1.29. The SMILES string of the molecule is CC(C)C(=O)Nc1ccc([N+](=O)[O-])c([11C](F)(F)F)c1. The lowest BCUT2D eigenvalue weighted by Gasteiger charge is -2.11. The Hall–Kier alpha value is -2.12.